The largest absolute Gasteiger partial charge is 0.397 e. The number of hydrogen-bond acceptors (Lipinski definition) is 3. The molecule has 0 unspecified atom stereocenters. The molecule has 1 aromatic rings. The minimum Gasteiger partial charge on any atom is -0.397 e. The quantitative estimate of drug-likeness (QED) is 0.789. The Morgan fingerprint density at radius 2 is 1.83 bits per heavy atom. The van der Waals surface area contributed by atoms with Crippen LogP contribution in [0.25, 0.3) is 0 Å². The average molecular weight is 266 g/mol. The third-order valence-electron chi connectivity index (χ3n) is 2.67. The smallest absolute Gasteiger partial charge is 0.0600 e. The van der Waals surface area contributed by atoms with Crippen molar-refractivity contribution in [2.75, 3.05) is 29.5 Å². The number of nitrogens with zero attached hydrogens (tertiary/aromatic N) is 1. The fraction of sp³-hybridized carbons (Fsp3) is 0.600. The Hall–Kier alpha value is -0.830. The van der Waals surface area contributed by atoms with Crippen molar-refractivity contribution in [2.45, 2.75) is 38.9 Å². The van der Waals surface area contributed by atoms with Gasteiger partial charge in [0.25, 0.3) is 0 Å². The lowest BCUT2D eigenvalue weighted by Crippen LogP contribution is -2.28. The number of nitrogens with two attached hydrogens (primary N) is 1. The maximum absolute atomic E-state index is 6.06. The number of para-hydroxylation sites is 2. The van der Waals surface area contributed by atoms with Crippen LogP contribution >= 0.6 is 11.8 Å². The van der Waals surface area contributed by atoms with Gasteiger partial charge in [0.05, 0.1) is 11.4 Å². The molecule has 1 rings (SSSR count). The van der Waals surface area contributed by atoms with E-state index < -0.39 is 0 Å². The topological polar surface area (TPSA) is 29.3 Å². The fourth-order valence-corrected chi connectivity index (χ4v) is 2.78. The molecular weight excluding hydrogens is 240 g/mol. The van der Waals surface area contributed by atoms with E-state index in [1.54, 1.807) is 0 Å². The second-order valence-corrected chi connectivity index (χ2v) is 7.43. The van der Waals surface area contributed by atoms with Gasteiger partial charge in [0.15, 0.2) is 0 Å². The van der Waals surface area contributed by atoms with Crippen LogP contribution in [-0.2, 0) is 0 Å². The highest BCUT2D eigenvalue weighted by Gasteiger charge is 2.13. The molecule has 0 fully saturated rings. The van der Waals surface area contributed by atoms with E-state index in [0.717, 1.165) is 31.0 Å². The van der Waals surface area contributed by atoms with Gasteiger partial charge in [0.1, 0.15) is 0 Å². The summed E-state index contributed by atoms with van der Waals surface area (Å²) in [6.07, 6.45) is 1.15. The number of rotatable bonds is 6. The van der Waals surface area contributed by atoms with Crippen LogP contribution in [-0.4, -0.2) is 23.6 Å². The Morgan fingerprint density at radius 1 is 1.17 bits per heavy atom. The van der Waals surface area contributed by atoms with E-state index in [9.17, 15) is 0 Å². The van der Waals surface area contributed by atoms with E-state index in [2.05, 4.69) is 44.7 Å². The highest BCUT2D eigenvalue weighted by molar-refractivity contribution is 8.00. The molecule has 0 aliphatic rings. The average Bonchev–Trinajstić information content (AvgIpc) is 2.27. The molecule has 2 N–H and O–H groups in total. The SMILES string of the molecule is CCCN(CCSC(C)(C)C)c1ccccc1N. The van der Waals surface area contributed by atoms with Crippen LogP contribution in [0.3, 0.4) is 0 Å². The number of anilines is 2. The Labute approximate surface area is 116 Å². The summed E-state index contributed by atoms with van der Waals surface area (Å²) in [7, 11) is 0. The molecule has 0 radical (unpaired) electrons. The first-order chi connectivity index (χ1) is 8.44. The monoisotopic (exact) mass is 266 g/mol. The zero-order valence-electron chi connectivity index (χ0n) is 12.1. The molecule has 0 aliphatic carbocycles. The lowest BCUT2D eigenvalue weighted by Gasteiger charge is -2.27. The summed E-state index contributed by atoms with van der Waals surface area (Å²) in [5, 5.41) is 0. The molecule has 0 aliphatic heterocycles. The molecule has 102 valence electrons. The summed E-state index contributed by atoms with van der Waals surface area (Å²) in [6.45, 7) is 11.1. The van der Waals surface area contributed by atoms with Crippen LogP contribution in [0.2, 0.25) is 0 Å². The molecule has 0 heterocycles. The van der Waals surface area contributed by atoms with Gasteiger partial charge in [-0.3, -0.25) is 0 Å². The van der Waals surface area contributed by atoms with Crippen molar-refractivity contribution in [3.05, 3.63) is 24.3 Å². The molecule has 3 heteroatoms. The van der Waals surface area contributed by atoms with E-state index in [1.165, 1.54) is 5.69 Å². The summed E-state index contributed by atoms with van der Waals surface area (Å²) in [5.41, 5.74) is 8.12. The lowest BCUT2D eigenvalue weighted by molar-refractivity contribution is 0.780. The molecule has 0 atom stereocenters. The van der Waals surface area contributed by atoms with Gasteiger partial charge < -0.3 is 10.6 Å². The summed E-state index contributed by atoms with van der Waals surface area (Å²) in [5.74, 6) is 1.14. The van der Waals surface area contributed by atoms with Gasteiger partial charge in [-0.15, -0.1) is 0 Å². The highest BCUT2D eigenvalue weighted by Crippen LogP contribution is 2.26. The number of thioether (sulfide) groups is 1. The summed E-state index contributed by atoms with van der Waals surface area (Å²) in [4.78, 5) is 2.40. The highest BCUT2D eigenvalue weighted by atomic mass is 32.2. The Balaban J connectivity index is 2.63. The van der Waals surface area contributed by atoms with Crippen molar-refractivity contribution in [2.24, 2.45) is 0 Å². The van der Waals surface area contributed by atoms with Gasteiger partial charge in [-0.2, -0.15) is 11.8 Å². The number of hydrogen-bond donors (Lipinski definition) is 1. The minimum absolute atomic E-state index is 0.333. The summed E-state index contributed by atoms with van der Waals surface area (Å²) >= 11 is 2.01. The van der Waals surface area contributed by atoms with E-state index in [4.69, 9.17) is 5.73 Å². The van der Waals surface area contributed by atoms with Crippen LogP contribution in [0.15, 0.2) is 24.3 Å². The van der Waals surface area contributed by atoms with Crippen molar-refractivity contribution in [3.63, 3.8) is 0 Å². The molecule has 0 saturated heterocycles. The standard InChI is InChI=1S/C15H26N2S/c1-5-10-17(11-12-18-15(2,3)4)14-9-7-6-8-13(14)16/h6-9H,5,10-12,16H2,1-4H3. The normalized spacial score (nSPS) is 11.6. The molecule has 0 saturated carbocycles. The van der Waals surface area contributed by atoms with E-state index in [0.29, 0.717) is 4.75 Å². The lowest BCUT2D eigenvalue weighted by atomic mass is 10.2. The predicted molar refractivity (Wildman–Crippen MR) is 85.6 cm³/mol. The first-order valence-electron chi connectivity index (χ1n) is 6.67. The molecule has 0 spiro atoms. The predicted octanol–water partition coefficient (Wildman–Crippen LogP) is 4.02. The van der Waals surface area contributed by atoms with Crippen LogP contribution in [0, 0.1) is 0 Å². The Kier molecular flexibility index (Phi) is 5.86. The van der Waals surface area contributed by atoms with Crippen molar-refractivity contribution in [3.8, 4) is 0 Å². The van der Waals surface area contributed by atoms with Gasteiger partial charge in [0.2, 0.25) is 0 Å². The maximum atomic E-state index is 6.06. The molecule has 1 aromatic carbocycles. The maximum Gasteiger partial charge on any atom is 0.0600 e. The zero-order chi connectivity index (χ0) is 13.6. The molecule has 2 nitrogen and oxygen atoms in total. The van der Waals surface area contributed by atoms with Crippen molar-refractivity contribution in [1.82, 2.24) is 0 Å². The molecule has 0 bridgehead atoms. The molecular formula is C15H26N2S. The Bertz CT molecular complexity index is 358. The first-order valence-corrected chi connectivity index (χ1v) is 7.66. The van der Waals surface area contributed by atoms with Gasteiger partial charge in [-0.25, -0.2) is 0 Å². The van der Waals surface area contributed by atoms with Crippen LogP contribution < -0.4 is 10.6 Å². The number of benzene rings is 1. The molecule has 18 heavy (non-hydrogen) atoms. The van der Waals surface area contributed by atoms with E-state index >= 15 is 0 Å². The second kappa shape index (κ2) is 6.93. The van der Waals surface area contributed by atoms with E-state index in [-0.39, 0.29) is 0 Å². The van der Waals surface area contributed by atoms with Crippen molar-refractivity contribution < 1.29 is 0 Å². The van der Waals surface area contributed by atoms with Gasteiger partial charge >= 0.3 is 0 Å². The van der Waals surface area contributed by atoms with E-state index in [1.807, 2.05) is 23.9 Å². The first kappa shape index (κ1) is 15.2. The van der Waals surface area contributed by atoms with Gasteiger partial charge in [0, 0.05) is 23.6 Å². The fourth-order valence-electron chi connectivity index (χ4n) is 1.86. The molecule has 0 amide bonds. The van der Waals surface area contributed by atoms with Gasteiger partial charge in [-0.05, 0) is 18.6 Å². The minimum atomic E-state index is 0.333. The van der Waals surface area contributed by atoms with Crippen molar-refractivity contribution >= 4 is 23.1 Å². The summed E-state index contributed by atoms with van der Waals surface area (Å²) < 4.78 is 0.333. The number of nitrogen functional groups attached to an aromatic ring is 1. The van der Waals surface area contributed by atoms with Crippen LogP contribution in [0.1, 0.15) is 34.1 Å². The third kappa shape index (κ3) is 5.21. The van der Waals surface area contributed by atoms with Crippen molar-refractivity contribution in [1.29, 1.82) is 0 Å². The molecule has 0 aromatic heterocycles. The zero-order valence-corrected chi connectivity index (χ0v) is 12.9. The van der Waals surface area contributed by atoms with Gasteiger partial charge in [-0.1, -0.05) is 39.8 Å². The summed E-state index contributed by atoms with van der Waals surface area (Å²) in [6, 6.07) is 8.15. The Morgan fingerprint density at radius 3 is 2.39 bits per heavy atom. The van der Waals surface area contributed by atoms with Crippen LogP contribution in [0.4, 0.5) is 11.4 Å². The van der Waals surface area contributed by atoms with Crippen LogP contribution in [0.5, 0.6) is 0 Å². The third-order valence-corrected chi connectivity index (χ3v) is 3.92. The second-order valence-electron chi connectivity index (χ2n) is 5.51.